The molecule has 24 heavy (non-hydrogen) atoms. The molecular formula is C18H13Cl2N3O. The molecule has 0 atom stereocenters. The summed E-state index contributed by atoms with van der Waals surface area (Å²) >= 11 is 11.7. The highest BCUT2D eigenvalue weighted by Gasteiger charge is 2.06. The molecule has 0 unspecified atom stereocenters. The molecule has 0 spiro atoms. The van der Waals surface area contributed by atoms with Gasteiger partial charge >= 0.3 is 0 Å². The SMILES string of the molecule is O=C(Nc1ccc(Nc2ccc(Cl)cc2)cn1)c1ccc(Cl)cc1. The van der Waals surface area contributed by atoms with Gasteiger partial charge in [0.15, 0.2) is 0 Å². The summed E-state index contributed by atoms with van der Waals surface area (Å²) in [5, 5.41) is 7.20. The van der Waals surface area contributed by atoms with Gasteiger partial charge in [0, 0.05) is 21.3 Å². The van der Waals surface area contributed by atoms with Gasteiger partial charge in [-0.1, -0.05) is 23.2 Å². The third-order valence-corrected chi connectivity index (χ3v) is 3.75. The average molecular weight is 358 g/mol. The Morgan fingerprint density at radius 2 is 1.38 bits per heavy atom. The number of carbonyl (C=O) groups is 1. The summed E-state index contributed by atoms with van der Waals surface area (Å²) in [5.74, 6) is 0.231. The molecule has 0 aliphatic carbocycles. The summed E-state index contributed by atoms with van der Waals surface area (Å²) in [7, 11) is 0. The van der Waals surface area contributed by atoms with Gasteiger partial charge in [0.1, 0.15) is 5.82 Å². The molecule has 120 valence electrons. The first-order chi connectivity index (χ1) is 11.6. The van der Waals surface area contributed by atoms with Gasteiger partial charge in [0.25, 0.3) is 5.91 Å². The molecule has 0 aliphatic heterocycles. The topological polar surface area (TPSA) is 54.0 Å². The van der Waals surface area contributed by atoms with E-state index in [0.717, 1.165) is 11.4 Å². The lowest BCUT2D eigenvalue weighted by Gasteiger charge is -2.08. The molecule has 2 N–H and O–H groups in total. The number of aromatic nitrogens is 1. The average Bonchev–Trinajstić information content (AvgIpc) is 2.59. The fourth-order valence-electron chi connectivity index (χ4n) is 2.03. The maximum atomic E-state index is 12.1. The van der Waals surface area contributed by atoms with E-state index in [4.69, 9.17) is 23.2 Å². The first-order valence-corrected chi connectivity index (χ1v) is 7.91. The second kappa shape index (κ2) is 7.34. The Kier molecular flexibility index (Phi) is 4.99. The molecule has 0 saturated carbocycles. The van der Waals surface area contributed by atoms with E-state index in [1.54, 1.807) is 48.7 Å². The van der Waals surface area contributed by atoms with E-state index in [0.29, 0.717) is 21.4 Å². The number of carbonyl (C=O) groups excluding carboxylic acids is 1. The summed E-state index contributed by atoms with van der Waals surface area (Å²) in [5.41, 5.74) is 2.23. The zero-order valence-electron chi connectivity index (χ0n) is 12.5. The van der Waals surface area contributed by atoms with Crippen LogP contribution >= 0.6 is 23.2 Å². The van der Waals surface area contributed by atoms with Crippen molar-refractivity contribution in [3.63, 3.8) is 0 Å². The van der Waals surface area contributed by atoms with Gasteiger partial charge in [-0.25, -0.2) is 4.98 Å². The Balaban J connectivity index is 1.64. The highest BCUT2D eigenvalue weighted by molar-refractivity contribution is 6.31. The van der Waals surface area contributed by atoms with Crippen LogP contribution in [0.25, 0.3) is 0 Å². The summed E-state index contributed by atoms with van der Waals surface area (Å²) in [6.07, 6.45) is 1.64. The van der Waals surface area contributed by atoms with Gasteiger partial charge in [-0.2, -0.15) is 0 Å². The van der Waals surface area contributed by atoms with Crippen molar-refractivity contribution in [1.29, 1.82) is 0 Å². The third-order valence-electron chi connectivity index (χ3n) is 3.24. The number of nitrogens with one attached hydrogen (secondary N) is 2. The van der Waals surface area contributed by atoms with Crippen LogP contribution in [0.4, 0.5) is 17.2 Å². The zero-order valence-corrected chi connectivity index (χ0v) is 14.0. The van der Waals surface area contributed by atoms with Crippen LogP contribution in [0.15, 0.2) is 66.9 Å². The number of pyridine rings is 1. The van der Waals surface area contributed by atoms with E-state index in [1.807, 2.05) is 18.2 Å². The van der Waals surface area contributed by atoms with Crippen molar-refractivity contribution in [3.8, 4) is 0 Å². The van der Waals surface area contributed by atoms with E-state index >= 15 is 0 Å². The lowest BCUT2D eigenvalue weighted by atomic mass is 10.2. The minimum Gasteiger partial charge on any atom is -0.354 e. The van der Waals surface area contributed by atoms with Gasteiger partial charge in [-0.05, 0) is 60.7 Å². The molecule has 3 aromatic rings. The van der Waals surface area contributed by atoms with Crippen LogP contribution in [0.2, 0.25) is 10.0 Å². The molecule has 0 radical (unpaired) electrons. The molecule has 0 aliphatic rings. The Morgan fingerprint density at radius 1 is 0.792 bits per heavy atom. The number of amides is 1. The lowest BCUT2D eigenvalue weighted by Crippen LogP contribution is -2.12. The minimum atomic E-state index is -0.238. The normalized spacial score (nSPS) is 10.2. The van der Waals surface area contributed by atoms with E-state index in [9.17, 15) is 4.79 Å². The molecule has 4 nitrogen and oxygen atoms in total. The van der Waals surface area contributed by atoms with E-state index in [2.05, 4.69) is 15.6 Å². The minimum absolute atomic E-state index is 0.238. The van der Waals surface area contributed by atoms with Crippen molar-refractivity contribution < 1.29 is 4.79 Å². The third kappa shape index (κ3) is 4.25. The highest BCUT2D eigenvalue weighted by Crippen LogP contribution is 2.19. The molecule has 6 heteroatoms. The summed E-state index contributed by atoms with van der Waals surface area (Å²) in [6.45, 7) is 0. The Labute approximate surface area is 149 Å². The lowest BCUT2D eigenvalue weighted by molar-refractivity contribution is 0.102. The van der Waals surface area contributed by atoms with Crippen molar-refractivity contribution in [3.05, 3.63) is 82.5 Å². The number of rotatable bonds is 4. The van der Waals surface area contributed by atoms with Crippen molar-refractivity contribution in [2.45, 2.75) is 0 Å². The van der Waals surface area contributed by atoms with Crippen LogP contribution in [-0.2, 0) is 0 Å². The summed E-state index contributed by atoms with van der Waals surface area (Å²) in [6, 6.07) is 17.6. The monoisotopic (exact) mass is 357 g/mol. The van der Waals surface area contributed by atoms with Gasteiger partial charge < -0.3 is 10.6 Å². The van der Waals surface area contributed by atoms with Crippen molar-refractivity contribution in [2.24, 2.45) is 0 Å². The Morgan fingerprint density at radius 3 is 1.96 bits per heavy atom. The Bertz CT molecular complexity index is 832. The molecule has 1 aromatic heterocycles. The molecule has 0 bridgehead atoms. The summed E-state index contributed by atoms with van der Waals surface area (Å²) in [4.78, 5) is 16.3. The number of nitrogens with zero attached hydrogens (tertiary/aromatic N) is 1. The van der Waals surface area contributed by atoms with Gasteiger partial charge in [0.2, 0.25) is 0 Å². The standard InChI is InChI=1S/C18H13Cl2N3O/c19-13-3-1-12(2-4-13)18(24)23-17-10-9-16(11-21-17)22-15-7-5-14(20)6-8-15/h1-11,22H,(H,21,23,24). The van der Waals surface area contributed by atoms with Crippen LogP contribution in [0.5, 0.6) is 0 Å². The van der Waals surface area contributed by atoms with Gasteiger partial charge in [0.05, 0.1) is 11.9 Å². The smallest absolute Gasteiger partial charge is 0.256 e. The van der Waals surface area contributed by atoms with E-state index in [1.165, 1.54) is 0 Å². The number of anilines is 3. The molecule has 0 fully saturated rings. The van der Waals surface area contributed by atoms with Crippen molar-refractivity contribution >= 4 is 46.3 Å². The molecular weight excluding hydrogens is 345 g/mol. The van der Waals surface area contributed by atoms with Crippen molar-refractivity contribution in [2.75, 3.05) is 10.6 Å². The predicted octanol–water partition coefficient (Wildman–Crippen LogP) is 5.38. The highest BCUT2D eigenvalue weighted by atomic mass is 35.5. The van der Waals surface area contributed by atoms with Gasteiger partial charge in [-0.3, -0.25) is 4.79 Å². The van der Waals surface area contributed by atoms with Crippen LogP contribution in [0.3, 0.4) is 0 Å². The maximum Gasteiger partial charge on any atom is 0.256 e. The van der Waals surface area contributed by atoms with E-state index < -0.39 is 0 Å². The molecule has 1 amide bonds. The second-order valence-corrected chi connectivity index (χ2v) is 5.90. The van der Waals surface area contributed by atoms with Crippen LogP contribution in [-0.4, -0.2) is 10.9 Å². The van der Waals surface area contributed by atoms with E-state index in [-0.39, 0.29) is 5.91 Å². The molecule has 2 aromatic carbocycles. The number of halogens is 2. The summed E-state index contributed by atoms with van der Waals surface area (Å²) < 4.78 is 0. The first kappa shape index (κ1) is 16.3. The molecule has 3 rings (SSSR count). The fourth-order valence-corrected chi connectivity index (χ4v) is 2.28. The molecule has 1 heterocycles. The van der Waals surface area contributed by atoms with Gasteiger partial charge in [-0.15, -0.1) is 0 Å². The number of hydrogen-bond donors (Lipinski definition) is 2. The van der Waals surface area contributed by atoms with Crippen LogP contribution in [0, 0.1) is 0 Å². The van der Waals surface area contributed by atoms with Crippen molar-refractivity contribution in [1.82, 2.24) is 4.98 Å². The predicted molar refractivity (Wildman–Crippen MR) is 98.4 cm³/mol. The first-order valence-electron chi connectivity index (χ1n) is 7.16. The number of benzene rings is 2. The fraction of sp³-hybridized carbons (Fsp3) is 0. The second-order valence-electron chi connectivity index (χ2n) is 5.03. The quantitative estimate of drug-likeness (QED) is 0.658. The largest absolute Gasteiger partial charge is 0.354 e. The Hall–Kier alpha value is -2.56. The maximum absolute atomic E-state index is 12.1. The molecule has 0 saturated heterocycles. The zero-order chi connectivity index (χ0) is 16.9. The van der Waals surface area contributed by atoms with Crippen LogP contribution in [0.1, 0.15) is 10.4 Å². The number of hydrogen-bond acceptors (Lipinski definition) is 3. The van der Waals surface area contributed by atoms with Crippen LogP contribution < -0.4 is 10.6 Å².